The first kappa shape index (κ1) is 15.8. The van der Waals surface area contributed by atoms with Gasteiger partial charge in [0.2, 0.25) is 11.8 Å². The second-order valence-electron chi connectivity index (χ2n) is 5.97. The van der Waals surface area contributed by atoms with E-state index >= 15 is 0 Å². The van der Waals surface area contributed by atoms with Crippen LogP contribution >= 0.6 is 0 Å². The molecular weight excluding hydrogens is 296 g/mol. The summed E-state index contributed by atoms with van der Waals surface area (Å²) in [6.07, 6.45) is 2.32. The predicted octanol–water partition coefficient (Wildman–Crippen LogP) is 1.66. The molecule has 0 saturated carbocycles. The minimum absolute atomic E-state index is 0.0508. The number of likely N-dealkylation sites (tertiary alicyclic amines) is 1. The number of rotatable bonds is 4. The number of hydrogen-bond donors (Lipinski definition) is 1. The van der Waals surface area contributed by atoms with Gasteiger partial charge in [0.15, 0.2) is 0 Å². The molecule has 1 aromatic rings. The third-order valence-electron chi connectivity index (χ3n) is 4.48. The number of nitrogens with zero attached hydrogens (tertiary/aromatic N) is 1. The molecule has 124 valence electrons. The maximum absolute atomic E-state index is 12.5. The van der Waals surface area contributed by atoms with Crippen molar-refractivity contribution in [2.45, 2.75) is 25.3 Å². The first-order valence-electron chi connectivity index (χ1n) is 8.02. The van der Waals surface area contributed by atoms with Gasteiger partial charge in [-0.25, -0.2) is 0 Å². The topological polar surface area (TPSA) is 67.9 Å². The van der Waals surface area contributed by atoms with Crippen LogP contribution in [0.5, 0.6) is 5.75 Å². The molecule has 6 nitrogen and oxygen atoms in total. The van der Waals surface area contributed by atoms with Crippen LogP contribution < -0.4 is 10.1 Å². The Morgan fingerprint density at radius 2 is 2.04 bits per heavy atom. The highest BCUT2D eigenvalue weighted by Gasteiger charge is 2.38. The van der Waals surface area contributed by atoms with E-state index in [4.69, 9.17) is 9.47 Å². The Labute approximate surface area is 135 Å². The van der Waals surface area contributed by atoms with Gasteiger partial charge in [-0.2, -0.15) is 0 Å². The molecule has 2 aliphatic heterocycles. The molecule has 3 rings (SSSR count). The van der Waals surface area contributed by atoms with Gasteiger partial charge in [0.25, 0.3) is 0 Å². The molecule has 1 N–H and O–H groups in total. The Bertz CT molecular complexity index is 566. The van der Waals surface area contributed by atoms with Crippen LogP contribution in [0.15, 0.2) is 24.3 Å². The van der Waals surface area contributed by atoms with Gasteiger partial charge in [-0.05, 0) is 43.5 Å². The van der Waals surface area contributed by atoms with Gasteiger partial charge < -0.3 is 19.7 Å². The average molecular weight is 318 g/mol. The molecule has 0 aromatic heterocycles. The zero-order valence-corrected chi connectivity index (χ0v) is 13.3. The van der Waals surface area contributed by atoms with E-state index in [1.165, 1.54) is 0 Å². The number of hydrogen-bond acceptors (Lipinski definition) is 4. The van der Waals surface area contributed by atoms with Gasteiger partial charge in [-0.1, -0.05) is 0 Å². The van der Waals surface area contributed by atoms with Crippen molar-refractivity contribution in [1.82, 2.24) is 4.90 Å². The van der Waals surface area contributed by atoms with Crippen molar-refractivity contribution in [2.24, 2.45) is 5.92 Å². The summed E-state index contributed by atoms with van der Waals surface area (Å²) in [6, 6.07) is 6.79. The minimum Gasteiger partial charge on any atom is -0.497 e. The van der Waals surface area contributed by atoms with Crippen molar-refractivity contribution in [3.8, 4) is 5.75 Å². The molecule has 0 spiro atoms. The molecule has 2 fully saturated rings. The molecule has 2 atom stereocenters. The van der Waals surface area contributed by atoms with Crippen LogP contribution in [0.4, 0.5) is 5.69 Å². The molecule has 2 heterocycles. The fourth-order valence-corrected chi connectivity index (χ4v) is 3.17. The summed E-state index contributed by atoms with van der Waals surface area (Å²) in [7, 11) is 1.60. The number of ether oxygens (including phenoxy) is 2. The lowest BCUT2D eigenvalue weighted by molar-refractivity contribution is -0.140. The van der Waals surface area contributed by atoms with Crippen molar-refractivity contribution in [3.05, 3.63) is 24.3 Å². The number of amides is 2. The maximum atomic E-state index is 12.5. The molecule has 0 aliphatic carbocycles. The number of methoxy groups -OCH3 is 1. The summed E-state index contributed by atoms with van der Waals surface area (Å²) in [5, 5.41) is 2.89. The number of carbonyl (C=O) groups excluding carboxylic acids is 2. The third-order valence-corrected chi connectivity index (χ3v) is 4.48. The predicted molar refractivity (Wildman–Crippen MR) is 85.3 cm³/mol. The minimum atomic E-state index is -0.384. The summed E-state index contributed by atoms with van der Waals surface area (Å²) in [6.45, 7) is 1.76. The molecule has 23 heavy (non-hydrogen) atoms. The monoisotopic (exact) mass is 318 g/mol. The standard InChI is InChI=1S/C17H22N2O4/c1-22-14-6-4-13(5-7-14)18-16(20)15-3-2-9-19(15)17(21)12-8-10-23-11-12/h4-7,12,15H,2-3,8-11H2,1H3,(H,18,20). The summed E-state index contributed by atoms with van der Waals surface area (Å²) >= 11 is 0. The Hall–Kier alpha value is -2.08. The van der Waals surface area contributed by atoms with Gasteiger partial charge >= 0.3 is 0 Å². The molecule has 6 heteroatoms. The van der Waals surface area contributed by atoms with E-state index in [-0.39, 0.29) is 23.8 Å². The summed E-state index contributed by atoms with van der Waals surface area (Å²) in [5.74, 6) is 0.570. The van der Waals surface area contributed by atoms with E-state index in [2.05, 4.69) is 5.32 Å². The molecule has 0 bridgehead atoms. The highest BCUT2D eigenvalue weighted by atomic mass is 16.5. The quantitative estimate of drug-likeness (QED) is 0.917. The third kappa shape index (κ3) is 3.47. The normalized spacial score (nSPS) is 23.8. The number of carbonyl (C=O) groups is 2. The summed E-state index contributed by atoms with van der Waals surface area (Å²) in [5.41, 5.74) is 0.708. The fraction of sp³-hybridized carbons (Fsp3) is 0.529. The fourth-order valence-electron chi connectivity index (χ4n) is 3.17. The first-order valence-corrected chi connectivity index (χ1v) is 8.02. The van der Waals surface area contributed by atoms with Crippen LogP contribution in [-0.2, 0) is 14.3 Å². The van der Waals surface area contributed by atoms with E-state index < -0.39 is 0 Å². The van der Waals surface area contributed by atoms with Crippen LogP contribution in [0.25, 0.3) is 0 Å². The number of anilines is 1. The zero-order valence-electron chi connectivity index (χ0n) is 13.3. The Balaban J connectivity index is 1.64. The van der Waals surface area contributed by atoms with Crippen molar-refractivity contribution in [2.75, 3.05) is 32.2 Å². The maximum Gasteiger partial charge on any atom is 0.247 e. The number of benzene rings is 1. The largest absolute Gasteiger partial charge is 0.497 e. The average Bonchev–Trinajstić information content (AvgIpc) is 3.26. The van der Waals surface area contributed by atoms with Crippen LogP contribution in [0, 0.1) is 5.92 Å². The molecule has 2 saturated heterocycles. The molecule has 2 unspecified atom stereocenters. The molecule has 0 radical (unpaired) electrons. The lowest BCUT2D eigenvalue weighted by Crippen LogP contribution is -2.45. The smallest absolute Gasteiger partial charge is 0.247 e. The first-order chi connectivity index (χ1) is 11.2. The highest BCUT2D eigenvalue weighted by molar-refractivity contribution is 5.97. The second kappa shape index (κ2) is 7.00. The molecule has 1 aromatic carbocycles. The molecular formula is C17H22N2O4. The van der Waals surface area contributed by atoms with Crippen LogP contribution in [0.1, 0.15) is 19.3 Å². The van der Waals surface area contributed by atoms with Crippen LogP contribution in [-0.4, -0.2) is 49.6 Å². The Kier molecular flexibility index (Phi) is 4.81. The van der Waals surface area contributed by atoms with E-state index in [0.717, 1.165) is 18.6 Å². The van der Waals surface area contributed by atoms with Gasteiger partial charge in [0, 0.05) is 18.8 Å². The Morgan fingerprint density at radius 1 is 1.26 bits per heavy atom. The lowest BCUT2D eigenvalue weighted by atomic mass is 10.1. The van der Waals surface area contributed by atoms with E-state index in [0.29, 0.717) is 31.9 Å². The Morgan fingerprint density at radius 3 is 2.70 bits per heavy atom. The summed E-state index contributed by atoms with van der Waals surface area (Å²) in [4.78, 5) is 26.8. The highest BCUT2D eigenvalue weighted by Crippen LogP contribution is 2.25. The van der Waals surface area contributed by atoms with Crippen molar-refractivity contribution in [1.29, 1.82) is 0 Å². The van der Waals surface area contributed by atoms with Gasteiger partial charge in [-0.15, -0.1) is 0 Å². The van der Waals surface area contributed by atoms with Crippen LogP contribution in [0.2, 0.25) is 0 Å². The van der Waals surface area contributed by atoms with Crippen molar-refractivity contribution in [3.63, 3.8) is 0 Å². The molecule has 2 aliphatic rings. The number of nitrogens with one attached hydrogen (secondary N) is 1. The van der Waals surface area contributed by atoms with E-state index in [1.54, 1.807) is 36.3 Å². The van der Waals surface area contributed by atoms with Crippen LogP contribution in [0.3, 0.4) is 0 Å². The van der Waals surface area contributed by atoms with E-state index in [1.807, 2.05) is 0 Å². The SMILES string of the molecule is COc1ccc(NC(=O)C2CCCN2C(=O)C2CCOC2)cc1. The van der Waals surface area contributed by atoms with Crippen molar-refractivity contribution < 1.29 is 19.1 Å². The van der Waals surface area contributed by atoms with Crippen molar-refractivity contribution >= 4 is 17.5 Å². The molecule has 2 amide bonds. The zero-order chi connectivity index (χ0) is 16.2. The lowest BCUT2D eigenvalue weighted by Gasteiger charge is -2.26. The van der Waals surface area contributed by atoms with Gasteiger partial charge in [0.05, 0.1) is 19.6 Å². The summed E-state index contributed by atoms with van der Waals surface area (Å²) < 4.78 is 10.4. The van der Waals surface area contributed by atoms with E-state index in [9.17, 15) is 9.59 Å². The van der Waals surface area contributed by atoms with Gasteiger partial charge in [-0.3, -0.25) is 9.59 Å². The van der Waals surface area contributed by atoms with Gasteiger partial charge in [0.1, 0.15) is 11.8 Å². The second-order valence-corrected chi connectivity index (χ2v) is 5.97.